The van der Waals surface area contributed by atoms with Crippen molar-refractivity contribution in [1.29, 1.82) is 0 Å². The molecule has 2 heterocycles. The van der Waals surface area contributed by atoms with Crippen LogP contribution < -0.4 is 0 Å². The third-order valence-electron chi connectivity index (χ3n) is 4.25. The smallest absolute Gasteiger partial charge is 0.0223 e. The van der Waals surface area contributed by atoms with Gasteiger partial charge in [-0.25, -0.2) is 0 Å². The summed E-state index contributed by atoms with van der Waals surface area (Å²) in [4.78, 5) is 5.44. The van der Waals surface area contributed by atoms with E-state index in [2.05, 4.69) is 29.4 Å². The summed E-state index contributed by atoms with van der Waals surface area (Å²) in [6, 6.07) is 1.63. The minimum Gasteiger partial charge on any atom is -0.298 e. The number of piperidine rings is 1. The SMILES string of the molecule is C=CCCN1CC2CCCCN2CC1CC. The number of piperazine rings is 1. The molecule has 0 aliphatic carbocycles. The summed E-state index contributed by atoms with van der Waals surface area (Å²) in [6.07, 6.45) is 8.76. The minimum absolute atomic E-state index is 0.786. The Hall–Kier alpha value is -0.340. The van der Waals surface area contributed by atoms with Crippen LogP contribution in [-0.4, -0.2) is 48.1 Å². The van der Waals surface area contributed by atoms with Gasteiger partial charge in [-0.15, -0.1) is 6.58 Å². The van der Waals surface area contributed by atoms with Crippen LogP contribution >= 0.6 is 0 Å². The first-order chi connectivity index (χ1) is 7.85. The quantitative estimate of drug-likeness (QED) is 0.674. The van der Waals surface area contributed by atoms with E-state index in [1.54, 1.807) is 0 Å². The lowest BCUT2D eigenvalue weighted by atomic mass is 9.95. The number of nitrogens with zero attached hydrogens (tertiary/aromatic N) is 2. The molecule has 16 heavy (non-hydrogen) atoms. The van der Waals surface area contributed by atoms with Crippen molar-refractivity contribution in [2.24, 2.45) is 0 Å². The van der Waals surface area contributed by atoms with Gasteiger partial charge >= 0.3 is 0 Å². The van der Waals surface area contributed by atoms with Crippen LogP contribution in [0.1, 0.15) is 39.0 Å². The van der Waals surface area contributed by atoms with Crippen molar-refractivity contribution < 1.29 is 0 Å². The molecule has 2 nitrogen and oxygen atoms in total. The first-order valence-electron chi connectivity index (χ1n) is 6.94. The molecule has 2 aliphatic heterocycles. The Bertz CT molecular complexity index is 227. The highest BCUT2D eigenvalue weighted by Gasteiger charge is 2.33. The zero-order valence-corrected chi connectivity index (χ0v) is 10.7. The Morgan fingerprint density at radius 3 is 2.94 bits per heavy atom. The van der Waals surface area contributed by atoms with Crippen LogP contribution in [0.25, 0.3) is 0 Å². The van der Waals surface area contributed by atoms with E-state index < -0.39 is 0 Å². The predicted octanol–water partition coefficient (Wildman–Crippen LogP) is 2.51. The van der Waals surface area contributed by atoms with Crippen LogP contribution in [0, 0.1) is 0 Å². The maximum Gasteiger partial charge on any atom is 0.0223 e. The standard InChI is InChI=1S/C14H26N2/c1-3-5-9-15-12-14-8-6-7-10-16(14)11-13(15)4-2/h3,13-14H,1,4-12H2,2H3. The zero-order valence-electron chi connectivity index (χ0n) is 10.7. The Balaban J connectivity index is 1.93. The fraction of sp³-hybridized carbons (Fsp3) is 0.857. The monoisotopic (exact) mass is 222 g/mol. The third kappa shape index (κ3) is 2.67. The number of hydrogen-bond donors (Lipinski definition) is 0. The van der Waals surface area contributed by atoms with E-state index in [0.29, 0.717) is 0 Å². The van der Waals surface area contributed by atoms with Crippen molar-refractivity contribution in [3.63, 3.8) is 0 Å². The molecule has 2 unspecified atom stereocenters. The summed E-state index contributed by atoms with van der Waals surface area (Å²) in [5.74, 6) is 0. The summed E-state index contributed by atoms with van der Waals surface area (Å²) in [5, 5.41) is 0. The summed E-state index contributed by atoms with van der Waals surface area (Å²) >= 11 is 0. The van der Waals surface area contributed by atoms with Crippen LogP contribution in [-0.2, 0) is 0 Å². The number of rotatable bonds is 4. The van der Waals surface area contributed by atoms with Crippen molar-refractivity contribution in [3.8, 4) is 0 Å². The summed E-state index contributed by atoms with van der Waals surface area (Å²) < 4.78 is 0. The molecular formula is C14H26N2. The van der Waals surface area contributed by atoms with Crippen LogP contribution in [0.15, 0.2) is 12.7 Å². The van der Waals surface area contributed by atoms with Crippen molar-refractivity contribution in [1.82, 2.24) is 9.80 Å². The second kappa shape index (κ2) is 5.83. The van der Waals surface area contributed by atoms with Crippen molar-refractivity contribution in [2.75, 3.05) is 26.2 Å². The van der Waals surface area contributed by atoms with Gasteiger partial charge in [0.2, 0.25) is 0 Å². The zero-order chi connectivity index (χ0) is 11.4. The van der Waals surface area contributed by atoms with E-state index in [-0.39, 0.29) is 0 Å². The molecule has 2 fully saturated rings. The average molecular weight is 222 g/mol. The molecule has 92 valence electrons. The van der Waals surface area contributed by atoms with E-state index in [1.165, 1.54) is 51.9 Å². The Labute approximate surface area is 100 Å². The highest BCUT2D eigenvalue weighted by atomic mass is 15.3. The summed E-state index contributed by atoms with van der Waals surface area (Å²) in [7, 11) is 0. The molecule has 0 aromatic rings. The second-order valence-electron chi connectivity index (χ2n) is 5.28. The van der Waals surface area contributed by atoms with E-state index in [4.69, 9.17) is 0 Å². The van der Waals surface area contributed by atoms with Crippen LogP contribution in [0.2, 0.25) is 0 Å². The Morgan fingerprint density at radius 1 is 1.31 bits per heavy atom. The molecule has 0 radical (unpaired) electrons. The fourth-order valence-electron chi connectivity index (χ4n) is 3.23. The first-order valence-corrected chi connectivity index (χ1v) is 6.94. The highest BCUT2D eigenvalue weighted by Crippen LogP contribution is 2.25. The molecule has 0 bridgehead atoms. The van der Waals surface area contributed by atoms with Gasteiger partial charge in [0.1, 0.15) is 0 Å². The summed E-state index contributed by atoms with van der Waals surface area (Å²) in [5.41, 5.74) is 0. The normalized spacial score (nSPS) is 32.3. The molecule has 2 rings (SSSR count). The average Bonchev–Trinajstić information content (AvgIpc) is 2.35. The molecule has 0 aromatic heterocycles. The minimum atomic E-state index is 0.786. The maximum atomic E-state index is 3.84. The lowest BCUT2D eigenvalue weighted by Crippen LogP contribution is -2.59. The van der Waals surface area contributed by atoms with E-state index in [0.717, 1.165) is 18.5 Å². The molecule has 2 aliphatic rings. The van der Waals surface area contributed by atoms with E-state index in [9.17, 15) is 0 Å². The summed E-state index contributed by atoms with van der Waals surface area (Å²) in [6.45, 7) is 11.3. The molecule has 0 spiro atoms. The van der Waals surface area contributed by atoms with Gasteiger partial charge in [-0.3, -0.25) is 9.80 Å². The van der Waals surface area contributed by atoms with Gasteiger partial charge in [-0.2, -0.15) is 0 Å². The van der Waals surface area contributed by atoms with Gasteiger partial charge in [-0.05, 0) is 32.2 Å². The number of fused-ring (bicyclic) bond motifs is 1. The fourth-order valence-corrected chi connectivity index (χ4v) is 3.23. The molecule has 2 atom stereocenters. The van der Waals surface area contributed by atoms with Crippen molar-refractivity contribution in [3.05, 3.63) is 12.7 Å². The predicted molar refractivity (Wildman–Crippen MR) is 69.7 cm³/mol. The van der Waals surface area contributed by atoms with Crippen LogP contribution in [0.3, 0.4) is 0 Å². The molecular weight excluding hydrogens is 196 g/mol. The highest BCUT2D eigenvalue weighted by molar-refractivity contribution is 4.90. The molecule has 0 saturated carbocycles. The topological polar surface area (TPSA) is 6.48 Å². The third-order valence-corrected chi connectivity index (χ3v) is 4.25. The van der Waals surface area contributed by atoms with Crippen LogP contribution in [0.4, 0.5) is 0 Å². The van der Waals surface area contributed by atoms with E-state index >= 15 is 0 Å². The van der Waals surface area contributed by atoms with Gasteiger partial charge in [0, 0.05) is 31.7 Å². The molecule has 0 N–H and O–H groups in total. The van der Waals surface area contributed by atoms with Crippen LogP contribution in [0.5, 0.6) is 0 Å². The van der Waals surface area contributed by atoms with Gasteiger partial charge in [0.15, 0.2) is 0 Å². The van der Waals surface area contributed by atoms with Gasteiger partial charge in [0.05, 0.1) is 0 Å². The first kappa shape index (κ1) is 12.1. The molecule has 0 amide bonds. The number of hydrogen-bond acceptors (Lipinski definition) is 2. The molecule has 2 saturated heterocycles. The molecule has 2 heteroatoms. The molecule has 0 aromatic carbocycles. The van der Waals surface area contributed by atoms with E-state index in [1.807, 2.05) is 0 Å². The maximum absolute atomic E-state index is 3.84. The van der Waals surface area contributed by atoms with Gasteiger partial charge in [0.25, 0.3) is 0 Å². The lowest BCUT2D eigenvalue weighted by Gasteiger charge is -2.48. The lowest BCUT2D eigenvalue weighted by molar-refractivity contribution is 0.00860. The second-order valence-corrected chi connectivity index (χ2v) is 5.28. The Kier molecular flexibility index (Phi) is 4.42. The van der Waals surface area contributed by atoms with Crippen molar-refractivity contribution >= 4 is 0 Å². The van der Waals surface area contributed by atoms with Gasteiger partial charge in [-0.1, -0.05) is 19.4 Å². The van der Waals surface area contributed by atoms with Gasteiger partial charge < -0.3 is 0 Å². The Morgan fingerprint density at radius 2 is 2.19 bits per heavy atom. The largest absolute Gasteiger partial charge is 0.298 e. The van der Waals surface area contributed by atoms with Crippen molar-refractivity contribution in [2.45, 2.75) is 51.1 Å².